The predicted molar refractivity (Wildman–Crippen MR) is 78.0 cm³/mol. The number of rotatable bonds is 7. The average Bonchev–Trinajstić information content (AvgIpc) is 2.40. The Morgan fingerprint density at radius 2 is 1.84 bits per heavy atom. The smallest absolute Gasteiger partial charge is 0.224 e. The van der Waals surface area contributed by atoms with Gasteiger partial charge in [-0.25, -0.2) is 0 Å². The fourth-order valence-electron chi connectivity index (χ4n) is 2.94. The van der Waals surface area contributed by atoms with Crippen molar-refractivity contribution in [1.82, 2.24) is 10.2 Å². The van der Waals surface area contributed by atoms with Gasteiger partial charge in [0.05, 0.1) is 0 Å². The van der Waals surface area contributed by atoms with Gasteiger partial charge in [0, 0.05) is 38.2 Å². The van der Waals surface area contributed by atoms with Gasteiger partial charge in [0.15, 0.2) is 0 Å². The molecule has 1 aliphatic carbocycles. The molecule has 4 nitrogen and oxygen atoms in total. The Morgan fingerprint density at radius 3 is 2.32 bits per heavy atom. The Balaban J connectivity index is 2.27. The zero-order chi connectivity index (χ0) is 14.3. The monoisotopic (exact) mass is 270 g/mol. The Kier molecular flexibility index (Phi) is 7.39. The number of hydrogen-bond donors (Lipinski definition) is 2. The topological polar surface area (TPSA) is 52.6 Å². The lowest BCUT2D eigenvalue weighted by Gasteiger charge is -2.31. The van der Waals surface area contributed by atoms with Crippen LogP contribution in [0.1, 0.15) is 52.9 Å². The van der Waals surface area contributed by atoms with Gasteiger partial charge in [-0.2, -0.15) is 0 Å². The van der Waals surface area contributed by atoms with Crippen molar-refractivity contribution in [3.63, 3.8) is 0 Å². The highest BCUT2D eigenvalue weighted by atomic mass is 16.3. The van der Waals surface area contributed by atoms with E-state index in [4.69, 9.17) is 5.11 Å². The van der Waals surface area contributed by atoms with E-state index in [0.29, 0.717) is 25.0 Å². The summed E-state index contributed by atoms with van der Waals surface area (Å²) >= 11 is 0. The zero-order valence-electron chi connectivity index (χ0n) is 12.7. The van der Waals surface area contributed by atoms with Gasteiger partial charge < -0.3 is 15.3 Å². The summed E-state index contributed by atoms with van der Waals surface area (Å²) < 4.78 is 0. The molecule has 19 heavy (non-hydrogen) atoms. The largest absolute Gasteiger partial charge is 0.396 e. The number of aliphatic hydroxyl groups excluding tert-OH is 1. The standard InChI is InChI=1S/C15H30N2O2/c1-4-17(5-2)15(19)10-12(3)16-14-8-6-13(11-18)7-9-14/h12-14,16,18H,4-11H2,1-3H3. The molecule has 0 aromatic rings. The zero-order valence-corrected chi connectivity index (χ0v) is 12.7. The number of nitrogens with one attached hydrogen (secondary N) is 1. The highest BCUT2D eigenvalue weighted by Crippen LogP contribution is 2.24. The molecular weight excluding hydrogens is 240 g/mol. The Morgan fingerprint density at radius 1 is 1.26 bits per heavy atom. The minimum absolute atomic E-state index is 0.240. The third-order valence-electron chi connectivity index (χ3n) is 4.22. The first-order chi connectivity index (χ1) is 9.10. The number of carbonyl (C=O) groups excluding carboxylic acids is 1. The quantitative estimate of drug-likeness (QED) is 0.741. The van der Waals surface area contributed by atoms with Gasteiger partial charge in [-0.1, -0.05) is 0 Å². The van der Waals surface area contributed by atoms with Crippen LogP contribution >= 0.6 is 0 Å². The highest BCUT2D eigenvalue weighted by Gasteiger charge is 2.22. The molecule has 1 unspecified atom stereocenters. The lowest BCUT2D eigenvalue weighted by Crippen LogP contribution is -2.42. The number of nitrogens with zero attached hydrogens (tertiary/aromatic N) is 1. The maximum Gasteiger partial charge on any atom is 0.224 e. The van der Waals surface area contributed by atoms with Crippen LogP contribution in [-0.4, -0.2) is 47.7 Å². The molecule has 4 heteroatoms. The van der Waals surface area contributed by atoms with Gasteiger partial charge in [0.2, 0.25) is 5.91 Å². The fourth-order valence-corrected chi connectivity index (χ4v) is 2.94. The van der Waals surface area contributed by atoms with Gasteiger partial charge in [0.1, 0.15) is 0 Å². The minimum atomic E-state index is 0.240. The lowest BCUT2D eigenvalue weighted by molar-refractivity contribution is -0.131. The molecule has 0 heterocycles. The fraction of sp³-hybridized carbons (Fsp3) is 0.933. The number of hydrogen-bond acceptors (Lipinski definition) is 3. The van der Waals surface area contributed by atoms with Gasteiger partial charge >= 0.3 is 0 Å². The first-order valence-electron chi connectivity index (χ1n) is 7.75. The maximum absolute atomic E-state index is 12.0. The second-order valence-corrected chi connectivity index (χ2v) is 5.74. The minimum Gasteiger partial charge on any atom is -0.396 e. The molecule has 2 N–H and O–H groups in total. The van der Waals surface area contributed by atoms with Crippen LogP contribution in [0.2, 0.25) is 0 Å². The van der Waals surface area contributed by atoms with E-state index in [1.165, 1.54) is 0 Å². The Labute approximate surface area is 117 Å². The summed E-state index contributed by atoms with van der Waals surface area (Å²) in [6.45, 7) is 8.06. The van der Waals surface area contributed by atoms with Crippen LogP contribution < -0.4 is 5.32 Å². The van der Waals surface area contributed by atoms with Gasteiger partial charge in [0.25, 0.3) is 0 Å². The summed E-state index contributed by atoms with van der Waals surface area (Å²) in [6.07, 6.45) is 5.03. The van der Waals surface area contributed by atoms with Crippen molar-refractivity contribution in [3.05, 3.63) is 0 Å². The summed E-state index contributed by atoms with van der Waals surface area (Å²) in [5.74, 6) is 0.736. The van der Waals surface area contributed by atoms with E-state index >= 15 is 0 Å². The number of carbonyl (C=O) groups is 1. The molecule has 1 aliphatic rings. The molecule has 1 fully saturated rings. The molecule has 1 saturated carbocycles. The van der Waals surface area contributed by atoms with Gasteiger partial charge in [-0.15, -0.1) is 0 Å². The molecule has 0 aliphatic heterocycles. The molecule has 0 radical (unpaired) electrons. The molecular formula is C15H30N2O2. The van der Waals surface area contributed by atoms with Crippen LogP contribution in [0.4, 0.5) is 0 Å². The van der Waals surface area contributed by atoms with Crippen molar-refractivity contribution in [3.8, 4) is 0 Å². The first-order valence-corrected chi connectivity index (χ1v) is 7.75. The molecule has 112 valence electrons. The SMILES string of the molecule is CCN(CC)C(=O)CC(C)NC1CCC(CO)CC1. The van der Waals surface area contributed by atoms with Gasteiger partial charge in [-0.05, 0) is 52.4 Å². The van der Waals surface area contributed by atoms with Crippen LogP contribution in [0.25, 0.3) is 0 Å². The lowest BCUT2D eigenvalue weighted by atomic mass is 9.86. The average molecular weight is 270 g/mol. The van der Waals surface area contributed by atoms with Crippen molar-refractivity contribution >= 4 is 5.91 Å². The van der Waals surface area contributed by atoms with Crippen LogP contribution in [0.3, 0.4) is 0 Å². The van der Waals surface area contributed by atoms with E-state index < -0.39 is 0 Å². The molecule has 0 saturated heterocycles. The molecule has 1 amide bonds. The summed E-state index contributed by atoms with van der Waals surface area (Å²) in [4.78, 5) is 13.9. The molecule has 0 bridgehead atoms. The summed E-state index contributed by atoms with van der Waals surface area (Å²) in [7, 11) is 0. The Bertz CT molecular complexity index is 259. The second kappa shape index (κ2) is 8.54. The van der Waals surface area contributed by atoms with E-state index in [-0.39, 0.29) is 11.9 Å². The van der Waals surface area contributed by atoms with Crippen molar-refractivity contribution in [2.45, 2.75) is 65.0 Å². The summed E-state index contributed by atoms with van der Waals surface area (Å²) in [5, 5.41) is 12.7. The highest BCUT2D eigenvalue weighted by molar-refractivity contribution is 5.76. The predicted octanol–water partition coefficient (Wildman–Crippen LogP) is 1.77. The van der Waals surface area contributed by atoms with Crippen LogP contribution in [0.5, 0.6) is 0 Å². The number of amides is 1. The van der Waals surface area contributed by atoms with Crippen molar-refractivity contribution < 1.29 is 9.90 Å². The maximum atomic E-state index is 12.0. The third kappa shape index (κ3) is 5.49. The van der Waals surface area contributed by atoms with Crippen molar-refractivity contribution in [2.75, 3.05) is 19.7 Å². The number of aliphatic hydroxyl groups is 1. The third-order valence-corrected chi connectivity index (χ3v) is 4.22. The molecule has 0 aromatic carbocycles. The van der Waals surface area contributed by atoms with Crippen LogP contribution in [0.15, 0.2) is 0 Å². The van der Waals surface area contributed by atoms with Crippen LogP contribution in [-0.2, 0) is 4.79 Å². The normalized spacial score (nSPS) is 25.1. The molecule has 1 atom stereocenters. The van der Waals surface area contributed by atoms with Crippen molar-refractivity contribution in [2.24, 2.45) is 5.92 Å². The van der Waals surface area contributed by atoms with E-state index in [0.717, 1.165) is 38.8 Å². The Hall–Kier alpha value is -0.610. The molecule has 1 rings (SSSR count). The van der Waals surface area contributed by atoms with E-state index in [1.54, 1.807) is 0 Å². The van der Waals surface area contributed by atoms with E-state index in [2.05, 4.69) is 12.2 Å². The summed E-state index contributed by atoms with van der Waals surface area (Å²) in [6, 6.07) is 0.756. The van der Waals surface area contributed by atoms with Crippen molar-refractivity contribution in [1.29, 1.82) is 0 Å². The molecule has 0 spiro atoms. The molecule has 0 aromatic heterocycles. The van der Waals surface area contributed by atoms with E-state index in [1.807, 2.05) is 18.7 Å². The van der Waals surface area contributed by atoms with E-state index in [9.17, 15) is 4.79 Å². The summed E-state index contributed by atoms with van der Waals surface area (Å²) in [5.41, 5.74) is 0. The first kappa shape index (κ1) is 16.4. The van der Waals surface area contributed by atoms with Gasteiger partial charge in [-0.3, -0.25) is 4.79 Å². The van der Waals surface area contributed by atoms with Crippen LogP contribution in [0, 0.1) is 5.92 Å². The second-order valence-electron chi connectivity index (χ2n) is 5.74.